The third kappa shape index (κ3) is 5.11. The molecule has 0 aliphatic rings. The molecule has 0 unspecified atom stereocenters. The number of carbonyl (C=O) groups excluding carboxylic acids is 1. The minimum atomic E-state index is -0.806. The largest absolute Gasteiger partial charge is 0.491 e. The Hall–Kier alpha value is -1.85. The van der Waals surface area contributed by atoms with Gasteiger partial charge >= 0.3 is 6.09 Å². The van der Waals surface area contributed by atoms with Crippen LogP contribution in [0.4, 0.5) is 14.9 Å². The van der Waals surface area contributed by atoms with E-state index >= 15 is 0 Å². The molecular formula is C13H19FN2O3. The van der Waals surface area contributed by atoms with Crippen molar-refractivity contribution >= 4 is 11.8 Å². The average Bonchev–Trinajstić information content (AvgIpc) is 2.27. The summed E-state index contributed by atoms with van der Waals surface area (Å²) in [4.78, 5) is 15.1. The van der Waals surface area contributed by atoms with Crippen molar-refractivity contribution in [3.05, 3.63) is 18.2 Å². The van der Waals surface area contributed by atoms with Crippen LogP contribution >= 0.6 is 0 Å². The molecule has 0 aliphatic heterocycles. The van der Waals surface area contributed by atoms with Crippen LogP contribution in [0.2, 0.25) is 0 Å². The Morgan fingerprint density at radius 1 is 1.47 bits per heavy atom. The predicted molar refractivity (Wildman–Crippen MR) is 69.8 cm³/mol. The molecule has 0 bridgehead atoms. The van der Waals surface area contributed by atoms with Gasteiger partial charge in [0.15, 0.2) is 0 Å². The highest BCUT2D eigenvalue weighted by atomic mass is 19.1. The fraction of sp³-hybridized carbons (Fsp3) is 0.538. The number of nitrogens with one attached hydrogen (secondary N) is 1. The second-order valence-electron chi connectivity index (χ2n) is 4.95. The molecule has 1 amide bonds. The summed E-state index contributed by atoms with van der Waals surface area (Å²) in [6, 6.07) is 1.49. The van der Waals surface area contributed by atoms with Crippen LogP contribution in [0.5, 0.6) is 5.75 Å². The van der Waals surface area contributed by atoms with E-state index in [2.05, 4.69) is 10.3 Å². The van der Waals surface area contributed by atoms with E-state index in [0.717, 1.165) is 6.42 Å². The van der Waals surface area contributed by atoms with Crippen LogP contribution in [-0.2, 0) is 4.74 Å². The summed E-state index contributed by atoms with van der Waals surface area (Å²) in [5, 5.41) is 2.32. The Balaban J connectivity index is 2.84. The molecule has 106 valence electrons. The summed E-state index contributed by atoms with van der Waals surface area (Å²) in [6.45, 7) is 7.52. The van der Waals surface area contributed by atoms with Crippen molar-refractivity contribution in [2.75, 3.05) is 11.9 Å². The van der Waals surface area contributed by atoms with E-state index in [1.165, 1.54) is 12.3 Å². The summed E-state index contributed by atoms with van der Waals surface area (Å²) >= 11 is 0. The highest BCUT2D eigenvalue weighted by Crippen LogP contribution is 2.26. The number of anilines is 1. The lowest BCUT2D eigenvalue weighted by Gasteiger charge is -2.20. The standard InChI is InChI=1S/C13H19FN2O3/c1-5-8-18-9-6-7-15-11(14)10(9)16-12(17)19-13(2,3)4/h6-7H,5,8H2,1-4H3,(H,16,17). The summed E-state index contributed by atoms with van der Waals surface area (Å²) in [7, 11) is 0. The van der Waals surface area contributed by atoms with Crippen LogP contribution in [0, 0.1) is 5.95 Å². The Bertz CT molecular complexity index is 444. The molecule has 19 heavy (non-hydrogen) atoms. The van der Waals surface area contributed by atoms with E-state index in [0.29, 0.717) is 6.61 Å². The number of aromatic nitrogens is 1. The average molecular weight is 270 g/mol. The number of amides is 1. The third-order valence-electron chi connectivity index (χ3n) is 1.95. The topological polar surface area (TPSA) is 60.5 Å². The number of rotatable bonds is 4. The van der Waals surface area contributed by atoms with Crippen molar-refractivity contribution in [2.45, 2.75) is 39.7 Å². The molecule has 1 rings (SSSR count). The lowest BCUT2D eigenvalue weighted by atomic mass is 10.2. The normalized spacial score (nSPS) is 11.0. The van der Waals surface area contributed by atoms with E-state index in [1.807, 2.05) is 6.92 Å². The smallest absolute Gasteiger partial charge is 0.412 e. The maximum atomic E-state index is 13.6. The Morgan fingerprint density at radius 2 is 2.16 bits per heavy atom. The van der Waals surface area contributed by atoms with Gasteiger partial charge in [-0.3, -0.25) is 5.32 Å². The van der Waals surface area contributed by atoms with E-state index < -0.39 is 17.6 Å². The van der Waals surface area contributed by atoms with Crippen LogP contribution in [0.25, 0.3) is 0 Å². The van der Waals surface area contributed by atoms with Crippen LogP contribution in [0.3, 0.4) is 0 Å². The van der Waals surface area contributed by atoms with E-state index in [9.17, 15) is 9.18 Å². The quantitative estimate of drug-likeness (QED) is 0.852. The molecule has 0 saturated carbocycles. The van der Waals surface area contributed by atoms with Crippen molar-refractivity contribution in [3.8, 4) is 5.75 Å². The van der Waals surface area contributed by atoms with Gasteiger partial charge in [0.1, 0.15) is 17.0 Å². The lowest BCUT2D eigenvalue weighted by Crippen LogP contribution is -2.27. The van der Waals surface area contributed by atoms with Crippen molar-refractivity contribution in [2.24, 2.45) is 0 Å². The van der Waals surface area contributed by atoms with Crippen LogP contribution in [-0.4, -0.2) is 23.3 Å². The maximum absolute atomic E-state index is 13.6. The van der Waals surface area contributed by atoms with Crippen molar-refractivity contribution in [1.82, 2.24) is 4.98 Å². The zero-order chi connectivity index (χ0) is 14.5. The Morgan fingerprint density at radius 3 is 2.74 bits per heavy atom. The van der Waals surface area contributed by atoms with Gasteiger partial charge in [-0.2, -0.15) is 4.39 Å². The van der Waals surface area contributed by atoms with Crippen LogP contribution in [0.15, 0.2) is 12.3 Å². The van der Waals surface area contributed by atoms with Gasteiger partial charge in [-0.15, -0.1) is 0 Å². The van der Waals surface area contributed by atoms with E-state index in [1.54, 1.807) is 20.8 Å². The molecule has 5 nitrogen and oxygen atoms in total. The molecule has 1 aromatic rings. The molecule has 1 N–H and O–H groups in total. The zero-order valence-corrected chi connectivity index (χ0v) is 11.6. The molecular weight excluding hydrogens is 251 g/mol. The molecule has 0 fully saturated rings. The van der Waals surface area contributed by atoms with Gasteiger partial charge in [-0.25, -0.2) is 9.78 Å². The Kier molecular flexibility index (Phi) is 5.09. The van der Waals surface area contributed by atoms with E-state index in [4.69, 9.17) is 9.47 Å². The van der Waals surface area contributed by atoms with Gasteiger partial charge in [0.2, 0.25) is 5.95 Å². The number of nitrogens with zero attached hydrogens (tertiary/aromatic N) is 1. The van der Waals surface area contributed by atoms with Gasteiger partial charge in [0, 0.05) is 12.3 Å². The first kappa shape index (κ1) is 15.2. The van der Waals surface area contributed by atoms with Gasteiger partial charge in [0.25, 0.3) is 0 Å². The molecule has 1 heterocycles. The molecule has 0 saturated heterocycles. The van der Waals surface area contributed by atoms with Gasteiger partial charge < -0.3 is 9.47 Å². The molecule has 0 aliphatic carbocycles. The molecule has 6 heteroatoms. The minimum absolute atomic E-state index is 0.106. The lowest BCUT2D eigenvalue weighted by molar-refractivity contribution is 0.0634. The summed E-state index contributed by atoms with van der Waals surface area (Å²) in [5.74, 6) is -0.570. The number of hydrogen-bond acceptors (Lipinski definition) is 4. The maximum Gasteiger partial charge on any atom is 0.412 e. The number of hydrogen-bond donors (Lipinski definition) is 1. The van der Waals surface area contributed by atoms with Crippen molar-refractivity contribution in [3.63, 3.8) is 0 Å². The molecule has 0 spiro atoms. The molecule has 0 aromatic carbocycles. The summed E-state index contributed by atoms with van der Waals surface area (Å²) < 4.78 is 24.0. The minimum Gasteiger partial charge on any atom is -0.491 e. The van der Waals surface area contributed by atoms with Crippen molar-refractivity contribution < 1.29 is 18.7 Å². The predicted octanol–water partition coefficient (Wildman–Crippen LogP) is 3.36. The molecule has 0 atom stereocenters. The number of halogens is 1. The van der Waals surface area contributed by atoms with Crippen LogP contribution in [0.1, 0.15) is 34.1 Å². The van der Waals surface area contributed by atoms with Crippen molar-refractivity contribution in [1.29, 1.82) is 0 Å². The fourth-order valence-corrected chi connectivity index (χ4v) is 1.27. The summed E-state index contributed by atoms with van der Waals surface area (Å²) in [5.41, 5.74) is -0.766. The highest BCUT2D eigenvalue weighted by molar-refractivity contribution is 5.86. The number of ether oxygens (including phenoxy) is 2. The Labute approximate surface area is 112 Å². The van der Waals surface area contributed by atoms with Gasteiger partial charge in [-0.1, -0.05) is 6.92 Å². The second kappa shape index (κ2) is 6.36. The first-order valence-corrected chi connectivity index (χ1v) is 6.11. The molecule has 0 radical (unpaired) electrons. The number of carbonyl (C=O) groups is 1. The third-order valence-corrected chi connectivity index (χ3v) is 1.95. The zero-order valence-electron chi connectivity index (χ0n) is 11.6. The monoisotopic (exact) mass is 270 g/mol. The van der Waals surface area contributed by atoms with Gasteiger partial charge in [0.05, 0.1) is 6.61 Å². The first-order chi connectivity index (χ1) is 8.83. The number of pyridine rings is 1. The SMILES string of the molecule is CCCOc1ccnc(F)c1NC(=O)OC(C)(C)C. The first-order valence-electron chi connectivity index (χ1n) is 6.11. The summed E-state index contributed by atoms with van der Waals surface area (Å²) in [6.07, 6.45) is 1.30. The second-order valence-corrected chi connectivity index (χ2v) is 4.95. The molecule has 1 aromatic heterocycles. The van der Waals surface area contributed by atoms with E-state index in [-0.39, 0.29) is 11.4 Å². The fourth-order valence-electron chi connectivity index (χ4n) is 1.27. The van der Waals surface area contributed by atoms with Crippen LogP contribution < -0.4 is 10.1 Å². The highest BCUT2D eigenvalue weighted by Gasteiger charge is 2.20. The van der Waals surface area contributed by atoms with Gasteiger partial charge in [-0.05, 0) is 27.2 Å².